The van der Waals surface area contributed by atoms with E-state index in [4.69, 9.17) is 5.73 Å². The van der Waals surface area contributed by atoms with Gasteiger partial charge in [0.25, 0.3) is 0 Å². The zero-order valence-electron chi connectivity index (χ0n) is 9.61. The molecule has 1 aromatic carbocycles. The normalized spacial score (nSPS) is 10.9. The van der Waals surface area contributed by atoms with Crippen molar-refractivity contribution >= 4 is 28.4 Å². The van der Waals surface area contributed by atoms with E-state index in [9.17, 15) is 0 Å². The molecular formula is C11H10N6S. The van der Waals surface area contributed by atoms with Crippen LogP contribution in [0.5, 0.6) is 0 Å². The van der Waals surface area contributed by atoms with Crippen LogP contribution in [0.2, 0.25) is 0 Å². The summed E-state index contributed by atoms with van der Waals surface area (Å²) in [5.41, 5.74) is 7.26. The van der Waals surface area contributed by atoms with Gasteiger partial charge in [-0.05, 0) is 30.0 Å². The molecule has 0 atom stereocenters. The molecule has 2 heterocycles. The van der Waals surface area contributed by atoms with E-state index in [0.29, 0.717) is 5.69 Å². The van der Waals surface area contributed by atoms with Gasteiger partial charge in [-0.3, -0.25) is 0 Å². The summed E-state index contributed by atoms with van der Waals surface area (Å²) in [6.45, 7) is 0. The highest BCUT2D eigenvalue weighted by Gasteiger charge is 2.09. The average Bonchev–Trinajstić information content (AvgIpc) is 2.75. The van der Waals surface area contributed by atoms with Crippen molar-refractivity contribution in [3.63, 3.8) is 0 Å². The maximum absolute atomic E-state index is 5.74. The first-order valence-electron chi connectivity index (χ1n) is 5.26. The molecule has 0 aliphatic carbocycles. The van der Waals surface area contributed by atoms with E-state index in [1.807, 2.05) is 29.8 Å². The zero-order valence-corrected chi connectivity index (χ0v) is 10.4. The Morgan fingerprint density at radius 2 is 2.17 bits per heavy atom. The smallest absolute Gasteiger partial charge is 0.197 e. The summed E-state index contributed by atoms with van der Waals surface area (Å²) in [6, 6.07) is 5.59. The fourth-order valence-corrected chi connectivity index (χ4v) is 2.42. The maximum atomic E-state index is 5.74. The fraction of sp³-hybridized carbons (Fsp3) is 0.0909. The van der Waals surface area contributed by atoms with Gasteiger partial charge in [0.15, 0.2) is 5.16 Å². The molecule has 0 fully saturated rings. The lowest BCUT2D eigenvalue weighted by atomic mass is 10.2. The van der Waals surface area contributed by atoms with Crippen LogP contribution >= 0.6 is 11.8 Å². The van der Waals surface area contributed by atoms with Crippen LogP contribution in [0.4, 0.5) is 5.69 Å². The summed E-state index contributed by atoms with van der Waals surface area (Å²) >= 11 is 1.45. The van der Waals surface area contributed by atoms with Crippen molar-refractivity contribution in [2.24, 2.45) is 7.05 Å². The highest BCUT2D eigenvalue weighted by Crippen LogP contribution is 2.29. The first-order valence-corrected chi connectivity index (χ1v) is 6.08. The van der Waals surface area contributed by atoms with Crippen molar-refractivity contribution in [1.82, 2.24) is 24.7 Å². The molecular weight excluding hydrogens is 248 g/mol. The fourth-order valence-electron chi connectivity index (χ4n) is 1.58. The number of nitrogens with two attached hydrogens (primary N) is 1. The number of hydrogen-bond acceptors (Lipinski definition) is 6. The molecule has 6 nitrogen and oxygen atoms in total. The second kappa shape index (κ2) is 4.26. The summed E-state index contributed by atoms with van der Waals surface area (Å²) in [5, 5.41) is 10.5. The second-order valence-corrected chi connectivity index (χ2v) is 4.74. The number of rotatable bonds is 2. The number of anilines is 1. The van der Waals surface area contributed by atoms with Crippen LogP contribution in [0.25, 0.3) is 10.9 Å². The Morgan fingerprint density at radius 1 is 1.28 bits per heavy atom. The van der Waals surface area contributed by atoms with Gasteiger partial charge >= 0.3 is 0 Å². The molecule has 3 rings (SSSR count). The number of benzene rings is 1. The van der Waals surface area contributed by atoms with Crippen molar-refractivity contribution in [2.75, 3.05) is 5.73 Å². The van der Waals surface area contributed by atoms with Crippen molar-refractivity contribution in [1.29, 1.82) is 0 Å². The van der Waals surface area contributed by atoms with E-state index in [0.717, 1.165) is 21.1 Å². The van der Waals surface area contributed by atoms with Crippen molar-refractivity contribution in [2.45, 2.75) is 10.2 Å². The standard InChI is InChI=1S/C11H10N6S/c1-17-6-15-16-11(17)18-10-8-3-2-7(12)4-9(8)13-5-14-10/h2-6H,12H2,1H3. The summed E-state index contributed by atoms with van der Waals surface area (Å²) in [4.78, 5) is 8.49. The van der Waals surface area contributed by atoms with Crippen LogP contribution in [0.1, 0.15) is 0 Å². The second-order valence-electron chi connectivity index (χ2n) is 3.78. The first kappa shape index (κ1) is 11.0. The summed E-state index contributed by atoms with van der Waals surface area (Å²) in [6.07, 6.45) is 3.18. The summed E-state index contributed by atoms with van der Waals surface area (Å²) in [7, 11) is 1.89. The first-order chi connectivity index (χ1) is 8.74. The number of aromatic nitrogens is 5. The summed E-state index contributed by atoms with van der Waals surface area (Å²) in [5.74, 6) is 0. The van der Waals surface area contributed by atoms with Gasteiger partial charge in [0, 0.05) is 18.1 Å². The third kappa shape index (κ3) is 1.88. The molecule has 18 heavy (non-hydrogen) atoms. The van der Waals surface area contributed by atoms with E-state index in [2.05, 4.69) is 20.2 Å². The predicted octanol–water partition coefficient (Wildman–Crippen LogP) is 1.49. The van der Waals surface area contributed by atoms with Gasteiger partial charge in [0.1, 0.15) is 17.7 Å². The van der Waals surface area contributed by atoms with Crippen molar-refractivity contribution in [3.05, 3.63) is 30.9 Å². The number of aryl methyl sites for hydroxylation is 1. The Morgan fingerprint density at radius 3 is 2.94 bits per heavy atom. The van der Waals surface area contributed by atoms with Gasteiger partial charge in [-0.15, -0.1) is 10.2 Å². The quantitative estimate of drug-likeness (QED) is 0.554. The van der Waals surface area contributed by atoms with Crippen LogP contribution in [0.15, 0.2) is 41.0 Å². The Labute approximate surface area is 107 Å². The van der Waals surface area contributed by atoms with Crippen LogP contribution < -0.4 is 5.73 Å². The van der Waals surface area contributed by atoms with E-state index in [1.165, 1.54) is 18.1 Å². The summed E-state index contributed by atoms with van der Waals surface area (Å²) < 4.78 is 1.84. The van der Waals surface area contributed by atoms with Crippen molar-refractivity contribution in [3.8, 4) is 0 Å². The number of nitrogens with zero attached hydrogens (tertiary/aromatic N) is 5. The minimum atomic E-state index is 0.691. The Bertz CT molecular complexity index is 708. The highest BCUT2D eigenvalue weighted by atomic mass is 32.2. The molecule has 0 saturated carbocycles. The maximum Gasteiger partial charge on any atom is 0.197 e. The molecule has 0 spiro atoms. The van der Waals surface area contributed by atoms with Gasteiger partial charge in [0.05, 0.1) is 5.52 Å². The molecule has 0 saturated heterocycles. The third-order valence-corrected chi connectivity index (χ3v) is 3.55. The van der Waals surface area contributed by atoms with E-state index in [-0.39, 0.29) is 0 Å². The Balaban J connectivity index is 2.09. The van der Waals surface area contributed by atoms with Gasteiger partial charge in [-0.1, -0.05) is 0 Å². The molecule has 2 aromatic heterocycles. The molecule has 0 amide bonds. The molecule has 0 aliphatic heterocycles. The molecule has 0 bridgehead atoms. The number of nitrogen functional groups attached to an aromatic ring is 1. The minimum Gasteiger partial charge on any atom is -0.399 e. The van der Waals surface area contributed by atoms with Crippen molar-refractivity contribution < 1.29 is 0 Å². The van der Waals surface area contributed by atoms with Gasteiger partial charge in [-0.25, -0.2) is 9.97 Å². The van der Waals surface area contributed by atoms with Crippen LogP contribution in [0.3, 0.4) is 0 Å². The van der Waals surface area contributed by atoms with E-state index < -0.39 is 0 Å². The molecule has 0 radical (unpaired) electrons. The largest absolute Gasteiger partial charge is 0.399 e. The van der Waals surface area contributed by atoms with Gasteiger partial charge < -0.3 is 10.3 Å². The molecule has 0 unspecified atom stereocenters. The lowest BCUT2D eigenvalue weighted by Gasteiger charge is -2.04. The molecule has 3 aromatic rings. The van der Waals surface area contributed by atoms with Gasteiger partial charge in [-0.2, -0.15) is 0 Å². The van der Waals surface area contributed by atoms with Crippen LogP contribution in [0, 0.1) is 0 Å². The lowest BCUT2D eigenvalue weighted by Crippen LogP contribution is -1.92. The van der Waals surface area contributed by atoms with Gasteiger partial charge in [0.2, 0.25) is 0 Å². The average molecular weight is 258 g/mol. The molecule has 7 heteroatoms. The Kier molecular flexibility index (Phi) is 2.60. The molecule has 90 valence electrons. The monoisotopic (exact) mass is 258 g/mol. The van der Waals surface area contributed by atoms with E-state index >= 15 is 0 Å². The molecule has 2 N–H and O–H groups in total. The zero-order chi connectivity index (χ0) is 12.5. The number of fused-ring (bicyclic) bond motifs is 1. The highest BCUT2D eigenvalue weighted by molar-refractivity contribution is 7.99. The van der Waals surface area contributed by atoms with Crippen LogP contribution in [-0.2, 0) is 7.05 Å². The van der Waals surface area contributed by atoms with E-state index in [1.54, 1.807) is 6.33 Å². The lowest BCUT2D eigenvalue weighted by molar-refractivity contribution is 0.787. The third-order valence-electron chi connectivity index (χ3n) is 2.48. The SMILES string of the molecule is Cn1cnnc1Sc1ncnc2cc(N)ccc12. The minimum absolute atomic E-state index is 0.691. The number of hydrogen-bond donors (Lipinski definition) is 1. The molecule has 0 aliphatic rings. The topological polar surface area (TPSA) is 82.5 Å². The van der Waals surface area contributed by atoms with Crippen LogP contribution in [-0.4, -0.2) is 24.7 Å². The predicted molar refractivity (Wildman–Crippen MR) is 69.1 cm³/mol. The Hall–Kier alpha value is -2.15.